The molecule has 0 unspecified atom stereocenters. The van der Waals surface area contributed by atoms with Crippen molar-refractivity contribution in [2.24, 2.45) is 0 Å². The van der Waals surface area contributed by atoms with Crippen molar-refractivity contribution < 1.29 is 27.4 Å². The Balaban J connectivity index is 4.32. The minimum atomic E-state index is -4.39. The van der Waals surface area contributed by atoms with Crippen molar-refractivity contribution >= 4 is 5.97 Å². The van der Waals surface area contributed by atoms with Gasteiger partial charge in [0, 0.05) is 13.2 Å². The number of methoxy groups -OCH3 is 1. The van der Waals surface area contributed by atoms with Gasteiger partial charge in [-0.05, 0) is 18.9 Å². The Morgan fingerprint density at radius 1 is 1.33 bits per heavy atom. The predicted octanol–water partition coefficient (Wildman–Crippen LogP) is 3.24. The lowest BCUT2D eigenvalue weighted by Crippen LogP contribution is -2.20. The fourth-order valence-electron chi connectivity index (χ4n) is 1.33. The summed E-state index contributed by atoms with van der Waals surface area (Å²) in [6.45, 7) is 1.72. The van der Waals surface area contributed by atoms with E-state index in [9.17, 15) is 18.0 Å². The fraction of sp³-hybridized carbons (Fsp3) is 0.750. The van der Waals surface area contributed by atoms with E-state index in [0.29, 0.717) is 12.8 Å². The van der Waals surface area contributed by atoms with Crippen molar-refractivity contribution in [1.29, 1.82) is 0 Å². The predicted molar refractivity (Wildman–Crippen MR) is 61.1 cm³/mol. The van der Waals surface area contributed by atoms with Gasteiger partial charge in [0.05, 0.1) is 0 Å². The largest absolute Gasteiger partial charge is 0.456 e. The molecule has 0 saturated heterocycles. The summed E-state index contributed by atoms with van der Waals surface area (Å²) >= 11 is 0. The number of halogens is 3. The second-order valence-electron chi connectivity index (χ2n) is 3.86. The maximum Gasteiger partial charge on any atom is 0.409 e. The molecule has 0 spiro atoms. The van der Waals surface area contributed by atoms with Gasteiger partial charge in [0.2, 0.25) is 0 Å². The van der Waals surface area contributed by atoms with E-state index in [-0.39, 0.29) is 12.7 Å². The number of allylic oxidation sites excluding steroid dienone is 1. The van der Waals surface area contributed by atoms with E-state index < -0.39 is 18.2 Å². The van der Waals surface area contributed by atoms with Gasteiger partial charge in [-0.1, -0.05) is 19.8 Å². The molecule has 0 radical (unpaired) electrons. The molecule has 0 aliphatic heterocycles. The molecule has 0 aromatic heterocycles. The number of hydrogen-bond donors (Lipinski definition) is 0. The number of hydrogen-bond acceptors (Lipinski definition) is 3. The van der Waals surface area contributed by atoms with Gasteiger partial charge in [-0.3, -0.25) is 0 Å². The highest BCUT2D eigenvalue weighted by Crippen LogP contribution is 2.18. The van der Waals surface area contributed by atoms with Gasteiger partial charge < -0.3 is 9.47 Å². The van der Waals surface area contributed by atoms with Crippen LogP contribution < -0.4 is 0 Å². The standard InChI is InChI=1S/C12H19F3O3/c1-3-4-5-6-10(7-8-12(13,14)15)18-11(16)9-17-2/h7-8,10H,3-6,9H2,1-2H3/b8-7-/t10-/m0/s1. The third kappa shape index (κ3) is 10.1. The molecule has 0 N–H and O–H groups in total. The van der Waals surface area contributed by atoms with Crippen molar-refractivity contribution in [2.75, 3.05) is 13.7 Å². The van der Waals surface area contributed by atoms with E-state index in [2.05, 4.69) is 4.74 Å². The first-order valence-electron chi connectivity index (χ1n) is 5.83. The second kappa shape index (κ2) is 8.97. The van der Waals surface area contributed by atoms with Crippen molar-refractivity contribution in [3.05, 3.63) is 12.2 Å². The third-order valence-electron chi connectivity index (χ3n) is 2.14. The van der Waals surface area contributed by atoms with Crippen LogP contribution in [0.5, 0.6) is 0 Å². The zero-order chi connectivity index (χ0) is 14.0. The summed E-state index contributed by atoms with van der Waals surface area (Å²) in [5.41, 5.74) is 0. The topological polar surface area (TPSA) is 35.5 Å². The molecule has 0 amide bonds. The first-order valence-corrected chi connectivity index (χ1v) is 5.83. The summed E-state index contributed by atoms with van der Waals surface area (Å²) in [6, 6.07) is 0. The van der Waals surface area contributed by atoms with Crippen LogP contribution in [-0.2, 0) is 14.3 Å². The molecule has 3 nitrogen and oxygen atoms in total. The number of carbonyl (C=O) groups excluding carboxylic acids is 1. The van der Waals surface area contributed by atoms with Crippen LogP contribution >= 0.6 is 0 Å². The summed E-state index contributed by atoms with van der Waals surface area (Å²) < 4.78 is 45.6. The Morgan fingerprint density at radius 2 is 2.00 bits per heavy atom. The third-order valence-corrected chi connectivity index (χ3v) is 2.14. The summed E-state index contributed by atoms with van der Waals surface area (Å²) in [4.78, 5) is 11.1. The second-order valence-corrected chi connectivity index (χ2v) is 3.86. The fourth-order valence-corrected chi connectivity index (χ4v) is 1.33. The van der Waals surface area contributed by atoms with Crippen molar-refractivity contribution in [3.63, 3.8) is 0 Å². The highest BCUT2D eigenvalue weighted by molar-refractivity contribution is 5.71. The van der Waals surface area contributed by atoms with Gasteiger partial charge in [0.15, 0.2) is 0 Å². The summed E-state index contributed by atoms with van der Waals surface area (Å²) in [6.07, 6.45) is -1.33. The van der Waals surface area contributed by atoms with Gasteiger partial charge in [0.25, 0.3) is 0 Å². The molecule has 0 heterocycles. The van der Waals surface area contributed by atoms with Gasteiger partial charge in [0.1, 0.15) is 12.7 Å². The van der Waals surface area contributed by atoms with E-state index >= 15 is 0 Å². The lowest BCUT2D eigenvalue weighted by atomic mass is 10.1. The monoisotopic (exact) mass is 268 g/mol. The van der Waals surface area contributed by atoms with Crippen LogP contribution in [0.4, 0.5) is 13.2 Å². The van der Waals surface area contributed by atoms with Gasteiger partial charge >= 0.3 is 12.1 Å². The lowest BCUT2D eigenvalue weighted by molar-refractivity contribution is -0.151. The van der Waals surface area contributed by atoms with E-state index in [4.69, 9.17) is 4.74 Å². The average molecular weight is 268 g/mol. The number of ether oxygens (including phenoxy) is 2. The van der Waals surface area contributed by atoms with Gasteiger partial charge in [-0.2, -0.15) is 13.2 Å². The van der Waals surface area contributed by atoms with Crippen molar-refractivity contribution in [1.82, 2.24) is 0 Å². The lowest BCUT2D eigenvalue weighted by Gasteiger charge is -2.14. The smallest absolute Gasteiger partial charge is 0.409 e. The van der Waals surface area contributed by atoms with Crippen LogP contribution in [0, 0.1) is 0 Å². The molecule has 6 heteroatoms. The van der Waals surface area contributed by atoms with E-state index in [1.54, 1.807) is 0 Å². The quantitative estimate of drug-likeness (QED) is 0.385. The van der Waals surface area contributed by atoms with Crippen LogP contribution in [0.1, 0.15) is 32.6 Å². The molecule has 0 rings (SSSR count). The van der Waals surface area contributed by atoms with Gasteiger partial charge in [-0.15, -0.1) is 0 Å². The minimum Gasteiger partial charge on any atom is -0.456 e. The van der Waals surface area contributed by atoms with E-state index in [1.165, 1.54) is 7.11 Å². The highest BCUT2D eigenvalue weighted by atomic mass is 19.4. The molecule has 0 aromatic carbocycles. The Bertz CT molecular complexity index is 262. The number of rotatable bonds is 8. The Morgan fingerprint density at radius 3 is 2.50 bits per heavy atom. The summed E-state index contributed by atoms with van der Waals surface area (Å²) in [7, 11) is 1.32. The molecule has 0 fully saturated rings. The van der Waals surface area contributed by atoms with Gasteiger partial charge in [-0.25, -0.2) is 4.79 Å². The van der Waals surface area contributed by atoms with E-state index in [0.717, 1.165) is 18.9 Å². The maximum atomic E-state index is 12.0. The molecule has 0 saturated carbocycles. The Hall–Kier alpha value is -1.04. The maximum absolute atomic E-state index is 12.0. The average Bonchev–Trinajstić information content (AvgIpc) is 2.25. The zero-order valence-electron chi connectivity index (χ0n) is 10.6. The number of carbonyl (C=O) groups is 1. The Kier molecular flexibility index (Phi) is 8.45. The molecule has 0 aliphatic carbocycles. The summed E-state index contributed by atoms with van der Waals surface area (Å²) in [5.74, 6) is -0.661. The van der Waals surface area contributed by atoms with Crippen molar-refractivity contribution in [3.8, 4) is 0 Å². The normalized spacial score (nSPS) is 13.8. The molecule has 106 valence electrons. The van der Waals surface area contributed by atoms with Crippen LogP contribution in [0.3, 0.4) is 0 Å². The van der Waals surface area contributed by atoms with Crippen LogP contribution in [0.25, 0.3) is 0 Å². The molecule has 0 bridgehead atoms. The zero-order valence-corrected chi connectivity index (χ0v) is 10.6. The number of esters is 1. The first kappa shape index (κ1) is 17.0. The molecular weight excluding hydrogens is 249 g/mol. The van der Waals surface area contributed by atoms with Crippen LogP contribution in [-0.4, -0.2) is 32.0 Å². The highest BCUT2D eigenvalue weighted by Gasteiger charge is 2.23. The SMILES string of the molecule is CCCCC[C@@H](/C=C\C(F)(F)F)OC(=O)COC. The Labute approximate surface area is 105 Å². The molecule has 0 aliphatic rings. The van der Waals surface area contributed by atoms with Crippen LogP contribution in [0.15, 0.2) is 12.2 Å². The molecule has 0 aromatic rings. The number of unbranched alkanes of at least 4 members (excludes halogenated alkanes) is 2. The van der Waals surface area contributed by atoms with Crippen LogP contribution in [0.2, 0.25) is 0 Å². The first-order chi connectivity index (χ1) is 8.39. The summed E-state index contributed by atoms with van der Waals surface area (Å²) in [5, 5.41) is 0. The minimum absolute atomic E-state index is 0.101. The molecule has 18 heavy (non-hydrogen) atoms. The molecule has 1 atom stereocenters. The van der Waals surface area contributed by atoms with E-state index in [1.807, 2.05) is 6.92 Å². The number of alkyl halides is 3. The van der Waals surface area contributed by atoms with Crippen molar-refractivity contribution in [2.45, 2.75) is 44.9 Å². The molecular formula is C12H19F3O3.